The molecule has 1 aliphatic carbocycles. The van der Waals surface area contributed by atoms with Crippen molar-refractivity contribution >= 4 is 5.91 Å². The molecular formula is C14H18F2N2O2. The van der Waals surface area contributed by atoms with Gasteiger partial charge in [-0.25, -0.2) is 8.78 Å². The Morgan fingerprint density at radius 2 is 2.15 bits per heavy atom. The molecule has 0 saturated carbocycles. The molecule has 110 valence electrons. The molecule has 0 N–H and O–H groups in total. The fourth-order valence-corrected chi connectivity index (χ4v) is 2.97. The molecule has 0 radical (unpaired) electrons. The van der Waals surface area contributed by atoms with Crippen LogP contribution in [0, 0.1) is 5.92 Å². The third kappa shape index (κ3) is 2.21. The van der Waals surface area contributed by atoms with E-state index in [1.54, 1.807) is 0 Å². The average molecular weight is 284 g/mol. The summed E-state index contributed by atoms with van der Waals surface area (Å²) in [7, 11) is 0. The second kappa shape index (κ2) is 4.82. The van der Waals surface area contributed by atoms with Crippen LogP contribution in [0.2, 0.25) is 0 Å². The summed E-state index contributed by atoms with van der Waals surface area (Å²) in [5.41, 5.74) is 1.74. The van der Waals surface area contributed by atoms with Gasteiger partial charge in [0.15, 0.2) is 0 Å². The van der Waals surface area contributed by atoms with Crippen molar-refractivity contribution in [2.75, 3.05) is 13.1 Å². The third-order valence-electron chi connectivity index (χ3n) is 4.37. The van der Waals surface area contributed by atoms with E-state index in [-0.39, 0.29) is 31.2 Å². The van der Waals surface area contributed by atoms with Crippen molar-refractivity contribution in [2.24, 2.45) is 5.92 Å². The molecule has 1 aromatic rings. The summed E-state index contributed by atoms with van der Waals surface area (Å²) in [5.74, 6) is -3.53. The first-order valence-corrected chi connectivity index (χ1v) is 7.13. The van der Waals surface area contributed by atoms with E-state index in [0.29, 0.717) is 0 Å². The molecule has 1 aliphatic heterocycles. The van der Waals surface area contributed by atoms with Gasteiger partial charge in [0, 0.05) is 31.0 Å². The molecule has 0 bridgehead atoms. The van der Waals surface area contributed by atoms with Gasteiger partial charge in [-0.05, 0) is 25.7 Å². The molecule has 1 fully saturated rings. The molecule has 6 heteroatoms. The zero-order valence-electron chi connectivity index (χ0n) is 11.5. The van der Waals surface area contributed by atoms with Crippen molar-refractivity contribution in [1.29, 1.82) is 0 Å². The first-order chi connectivity index (χ1) is 9.49. The maximum atomic E-state index is 13.5. The molecule has 2 aliphatic rings. The Bertz CT molecular complexity index is 527. The number of aromatic nitrogens is 1. The minimum Gasteiger partial charge on any atom is -0.350 e. The van der Waals surface area contributed by atoms with Crippen LogP contribution in [0.1, 0.15) is 48.0 Å². The van der Waals surface area contributed by atoms with Gasteiger partial charge in [-0.15, -0.1) is 0 Å². The number of alkyl halides is 2. The second-order valence-electron chi connectivity index (χ2n) is 5.81. The summed E-state index contributed by atoms with van der Waals surface area (Å²) in [6.45, 7) is 1.63. The van der Waals surface area contributed by atoms with E-state index in [9.17, 15) is 13.6 Å². The topological polar surface area (TPSA) is 46.3 Å². The Morgan fingerprint density at radius 3 is 2.90 bits per heavy atom. The maximum absolute atomic E-state index is 13.5. The summed E-state index contributed by atoms with van der Waals surface area (Å²) in [6, 6.07) is 0. The monoisotopic (exact) mass is 284 g/mol. The van der Waals surface area contributed by atoms with Gasteiger partial charge < -0.3 is 9.42 Å². The molecule has 1 amide bonds. The van der Waals surface area contributed by atoms with E-state index in [1.165, 1.54) is 11.8 Å². The van der Waals surface area contributed by atoms with Gasteiger partial charge in [0.2, 0.25) is 5.76 Å². The Hall–Kier alpha value is -1.46. The van der Waals surface area contributed by atoms with Gasteiger partial charge in [-0.2, -0.15) is 0 Å². The van der Waals surface area contributed by atoms with Crippen molar-refractivity contribution in [3.63, 3.8) is 0 Å². The Balaban J connectivity index is 1.78. The SMILES string of the molecule is CC1CN(C(=O)c2onc3c2CCCC3)CCC1(F)F. The lowest BCUT2D eigenvalue weighted by molar-refractivity contribution is -0.0924. The Labute approximate surface area is 116 Å². The number of nitrogens with zero attached hydrogens (tertiary/aromatic N) is 2. The van der Waals surface area contributed by atoms with E-state index in [1.807, 2.05) is 0 Å². The van der Waals surface area contributed by atoms with Crippen LogP contribution in [-0.4, -0.2) is 35.0 Å². The first kappa shape index (κ1) is 13.5. The normalized spacial score (nSPS) is 25.4. The smallest absolute Gasteiger partial charge is 0.292 e. The lowest BCUT2D eigenvalue weighted by atomic mass is 9.93. The number of carbonyl (C=O) groups is 1. The highest BCUT2D eigenvalue weighted by Crippen LogP contribution is 2.34. The number of rotatable bonds is 1. The molecule has 1 atom stereocenters. The maximum Gasteiger partial charge on any atom is 0.292 e. The van der Waals surface area contributed by atoms with E-state index in [2.05, 4.69) is 5.16 Å². The lowest BCUT2D eigenvalue weighted by Crippen LogP contribution is -2.48. The fourth-order valence-electron chi connectivity index (χ4n) is 2.97. The number of hydrogen-bond donors (Lipinski definition) is 0. The molecular weight excluding hydrogens is 266 g/mol. The number of aryl methyl sites for hydroxylation is 1. The zero-order chi connectivity index (χ0) is 14.3. The van der Waals surface area contributed by atoms with Crippen molar-refractivity contribution in [1.82, 2.24) is 10.1 Å². The third-order valence-corrected chi connectivity index (χ3v) is 4.37. The van der Waals surface area contributed by atoms with Crippen molar-refractivity contribution < 1.29 is 18.1 Å². The largest absolute Gasteiger partial charge is 0.350 e. The number of halogens is 2. The molecule has 1 unspecified atom stereocenters. The van der Waals surface area contributed by atoms with E-state index < -0.39 is 11.8 Å². The van der Waals surface area contributed by atoms with Gasteiger partial charge >= 0.3 is 0 Å². The number of hydrogen-bond acceptors (Lipinski definition) is 3. The number of fused-ring (bicyclic) bond motifs is 1. The van der Waals surface area contributed by atoms with Gasteiger partial charge in [-0.3, -0.25) is 4.79 Å². The molecule has 0 aromatic carbocycles. The highest BCUT2D eigenvalue weighted by atomic mass is 19.3. The predicted octanol–water partition coefficient (Wildman–Crippen LogP) is 2.67. The molecule has 4 nitrogen and oxygen atoms in total. The van der Waals surface area contributed by atoms with Gasteiger partial charge in [-0.1, -0.05) is 12.1 Å². The van der Waals surface area contributed by atoms with Gasteiger partial charge in [0.1, 0.15) is 0 Å². The highest BCUT2D eigenvalue weighted by molar-refractivity contribution is 5.93. The predicted molar refractivity (Wildman–Crippen MR) is 67.8 cm³/mol. The Kier molecular flexibility index (Phi) is 3.26. The van der Waals surface area contributed by atoms with Gasteiger partial charge in [0.25, 0.3) is 11.8 Å². The van der Waals surface area contributed by atoms with Crippen LogP contribution in [-0.2, 0) is 12.8 Å². The minimum absolute atomic E-state index is 0.0707. The second-order valence-corrected chi connectivity index (χ2v) is 5.81. The lowest BCUT2D eigenvalue weighted by Gasteiger charge is -2.36. The summed E-state index contributed by atoms with van der Waals surface area (Å²) < 4.78 is 32.1. The van der Waals surface area contributed by atoms with Crippen LogP contribution < -0.4 is 0 Å². The fraction of sp³-hybridized carbons (Fsp3) is 0.714. The van der Waals surface area contributed by atoms with Crippen LogP contribution in [0.4, 0.5) is 8.78 Å². The van der Waals surface area contributed by atoms with Crippen molar-refractivity contribution in [3.8, 4) is 0 Å². The standard InChI is InChI=1S/C14H18F2N2O2/c1-9-8-18(7-6-14(9,15)16)13(19)12-10-4-2-3-5-11(10)17-20-12/h9H,2-8H2,1H3. The zero-order valence-corrected chi connectivity index (χ0v) is 11.5. The molecule has 3 rings (SSSR count). The first-order valence-electron chi connectivity index (χ1n) is 7.13. The van der Waals surface area contributed by atoms with Crippen molar-refractivity contribution in [3.05, 3.63) is 17.0 Å². The van der Waals surface area contributed by atoms with Crippen LogP contribution in [0.3, 0.4) is 0 Å². The van der Waals surface area contributed by atoms with E-state index in [0.717, 1.165) is 36.9 Å². The number of amides is 1. The van der Waals surface area contributed by atoms with E-state index in [4.69, 9.17) is 4.52 Å². The number of piperidine rings is 1. The number of likely N-dealkylation sites (tertiary alicyclic amines) is 1. The summed E-state index contributed by atoms with van der Waals surface area (Å²) in [4.78, 5) is 13.9. The number of carbonyl (C=O) groups excluding carboxylic acids is 1. The molecule has 1 aromatic heterocycles. The molecule has 0 spiro atoms. The minimum atomic E-state index is -2.68. The molecule has 20 heavy (non-hydrogen) atoms. The van der Waals surface area contributed by atoms with Crippen molar-refractivity contribution in [2.45, 2.75) is 45.0 Å². The van der Waals surface area contributed by atoms with E-state index >= 15 is 0 Å². The highest BCUT2D eigenvalue weighted by Gasteiger charge is 2.43. The molecule has 2 heterocycles. The van der Waals surface area contributed by atoms with Crippen LogP contribution in [0.5, 0.6) is 0 Å². The van der Waals surface area contributed by atoms with Crippen LogP contribution in [0.25, 0.3) is 0 Å². The van der Waals surface area contributed by atoms with Crippen LogP contribution in [0.15, 0.2) is 4.52 Å². The quantitative estimate of drug-likeness (QED) is 0.796. The molecule has 1 saturated heterocycles. The Morgan fingerprint density at radius 1 is 1.40 bits per heavy atom. The average Bonchev–Trinajstić information content (AvgIpc) is 2.85. The van der Waals surface area contributed by atoms with Gasteiger partial charge in [0.05, 0.1) is 5.69 Å². The van der Waals surface area contributed by atoms with Crippen LogP contribution >= 0.6 is 0 Å². The summed E-state index contributed by atoms with van der Waals surface area (Å²) in [5, 5.41) is 3.95. The summed E-state index contributed by atoms with van der Waals surface area (Å²) in [6.07, 6.45) is 3.42. The summed E-state index contributed by atoms with van der Waals surface area (Å²) >= 11 is 0.